The maximum Gasteiger partial charge on any atom is 0.272 e. The fraction of sp³-hybridized carbons (Fsp3) is 0.154. The van der Waals surface area contributed by atoms with Gasteiger partial charge in [0, 0.05) is 17.6 Å². The number of aromatic amines is 1. The molecule has 0 aliphatic heterocycles. The predicted molar refractivity (Wildman–Crippen MR) is 78.3 cm³/mol. The molecule has 1 aromatic heterocycles. The van der Waals surface area contributed by atoms with Gasteiger partial charge in [0.25, 0.3) is 5.91 Å². The van der Waals surface area contributed by atoms with Gasteiger partial charge < -0.3 is 10.3 Å². The number of aromatic nitrogens is 1. The molecule has 1 amide bonds. The number of H-pyrrole nitrogens is 1. The van der Waals surface area contributed by atoms with Crippen molar-refractivity contribution in [2.24, 2.45) is 0 Å². The Hall–Kier alpha value is -2.28. The third kappa shape index (κ3) is 3.61. The maximum atomic E-state index is 11.8. The quantitative estimate of drug-likeness (QED) is 0.787. The minimum absolute atomic E-state index is 0.0122. The Labute approximate surface area is 117 Å². The number of sulfonamides is 1. The van der Waals surface area contributed by atoms with Gasteiger partial charge in [-0.05, 0) is 43.3 Å². The average Bonchev–Trinajstić information content (AvgIpc) is 2.95. The lowest BCUT2D eigenvalue weighted by atomic mass is 10.3. The first kappa shape index (κ1) is 14.1. The predicted octanol–water partition coefficient (Wildman–Crippen LogP) is 2.03. The summed E-state index contributed by atoms with van der Waals surface area (Å²) in [6.45, 7) is 1.56. The molecular formula is C13H15N3O3S. The van der Waals surface area contributed by atoms with Crippen LogP contribution in [0.2, 0.25) is 0 Å². The molecule has 3 N–H and O–H groups in total. The van der Waals surface area contributed by atoms with Crippen LogP contribution in [-0.4, -0.2) is 25.1 Å². The molecule has 0 spiro atoms. The van der Waals surface area contributed by atoms with E-state index in [2.05, 4.69) is 15.0 Å². The van der Waals surface area contributed by atoms with E-state index >= 15 is 0 Å². The molecule has 106 valence electrons. The van der Waals surface area contributed by atoms with Gasteiger partial charge in [0.15, 0.2) is 0 Å². The first-order chi connectivity index (χ1) is 9.50. The number of hydrogen-bond donors (Lipinski definition) is 3. The van der Waals surface area contributed by atoms with E-state index in [9.17, 15) is 13.2 Å². The van der Waals surface area contributed by atoms with Crippen molar-refractivity contribution in [1.82, 2.24) is 4.98 Å². The number of carbonyl (C=O) groups is 1. The lowest BCUT2D eigenvalue weighted by Gasteiger charge is -2.08. The minimum Gasteiger partial charge on any atom is -0.357 e. The topological polar surface area (TPSA) is 91.1 Å². The van der Waals surface area contributed by atoms with E-state index in [0.717, 1.165) is 0 Å². The monoisotopic (exact) mass is 293 g/mol. The highest BCUT2D eigenvalue weighted by atomic mass is 32.2. The molecule has 6 nitrogen and oxygen atoms in total. The molecule has 0 aliphatic carbocycles. The first-order valence-corrected chi connectivity index (χ1v) is 7.71. The molecule has 0 bridgehead atoms. The van der Waals surface area contributed by atoms with E-state index in [1.165, 1.54) is 0 Å². The number of nitrogens with one attached hydrogen (secondary N) is 3. The fourth-order valence-corrected chi connectivity index (χ4v) is 2.18. The smallest absolute Gasteiger partial charge is 0.272 e. The summed E-state index contributed by atoms with van der Waals surface area (Å²) in [4.78, 5) is 14.6. The highest BCUT2D eigenvalue weighted by Gasteiger charge is 2.08. The van der Waals surface area contributed by atoms with E-state index in [0.29, 0.717) is 17.1 Å². The van der Waals surface area contributed by atoms with Crippen molar-refractivity contribution >= 4 is 27.3 Å². The van der Waals surface area contributed by atoms with Gasteiger partial charge in [-0.3, -0.25) is 9.52 Å². The van der Waals surface area contributed by atoms with Crippen LogP contribution >= 0.6 is 0 Å². The second kappa shape index (κ2) is 5.79. The van der Waals surface area contributed by atoms with Crippen molar-refractivity contribution < 1.29 is 13.2 Å². The Balaban J connectivity index is 2.04. The van der Waals surface area contributed by atoms with Gasteiger partial charge in [-0.25, -0.2) is 8.42 Å². The zero-order valence-corrected chi connectivity index (χ0v) is 11.7. The van der Waals surface area contributed by atoms with Crippen LogP contribution in [0.25, 0.3) is 0 Å². The van der Waals surface area contributed by atoms with Crippen LogP contribution in [0.3, 0.4) is 0 Å². The van der Waals surface area contributed by atoms with E-state index in [1.807, 2.05) is 0 Å². The fourth-order valence-electron chi connectivity index (χ4n) is 1.54. The molecular weight excluding hydrogens is 278 g/mol. The van der Waals surface area contributed by atoms with Gasteiger partial charge in [0.05, 0.1) is 5.75 Å². The van der Waals surface area contributed by atoms with E-state index in [-0.39, 0.29) is 11.7 Å². The van der Waals surface area contributed by atoms with Crippen LogP contribution in [0, 0.1) is 0 Å². The van der Waals surface area contributed by atoms with Gasteiger partial charge in [-0.1, -0.05) is 0 Å². The summed E-state index contributed by atoms with van der Waals surface area (Å²) in [7, 11) is -3.29. The lowest BCUT2D eigenvalue weighted by molar-refractivity contribution is 0.102. The van der Waals surface area contributed by atoms with Crippen LogP contribution in [0.15, 0.2) is 42.6 Å². The van der Waals surface area contributed by atoms with Crippen molar-refractivity contribution in [2.75, 3.05) is 15.8 Å². The van der Waals surface area contributed by atoms with Gasteiger partial charge >= 0.3 is 0 Å². The summed E-state index contributed by atoms with van der Waals surface area (Å²) in [5.74, 6) is -0.241. The number of benzene rings is 1. The van der Waals surface area contributed by atoms with Crippen molar-refractivity contribution in [3.63, 3.8) is 0 Å². The minimum atomic E-state index is -3.29. The van der Waals surface area contributed by atoms with E-state index in [4.69, 9.17) is 0 Å². The van der Waals surface area contributed by atoms with Gasteiger partial charge in [0.2, 0.25) is 10.0 Å². The summed E-state index contributed by atoms with van der Waals surface area (Å²) in [6.07, 6.45) is 1.66. The first-order valence-electron chi connectivity index (χ1n) is 6.05. The normalized spacial score (nSPS) is 11.1. The molecule has 0 saturated heterocycles. The van der Waals surface area contributed by atoms with Crippen LogP contribution in [-0.2, 0) is 10.0 Å². The summed E-state index contributed by atoms with van der Waals surface area (Å²) >= 11 is 0. The third-order valence-corrected chi connectivity index (χ3v) is 3.95. The summed E-state index contributed by atoms with van der Waals surface area (Å²) in [6, 6.07) is 9.86. The molecule has 7 heteroatoms. The molecule has 20 heavy (non-hydrogen) atoms. The van der Waals surface area contributed by atoms with Gasteiger partial charge in [-0.2, -0.15) is 0 Å². The molecule has 0 saturated carbocycles. The molecule has 0 unspecified atom stereocenters. The van der Waals surface area contributed by atoms with E-state index in [1.54, 1.807) is 49.5 Å². The van der Waals surface area contributed by atoms with Crippen LogP contribution in [0.1, 0.15) is 17.4 Å². The van der Waals surface area contributed by atoms with Crippen LogP contribution < -0.4 is 10.0 Å². The zero-order valence-electron chi connectivity index (χ0n) is 10.9. The maximum absolute atomic E-state index is 11.8. The Morgan fingerprint density at radius 1 is 1.15 bits per heavy atom. The van der Waals surface area contributed by atoms with E-state index < -0.39 is 10.0 Å². The van der Waals surface area contributed by atoms with Crippen molar-refractivity contribution in [3.8, 4) is 0 Å². The standard InChI is InChI=1S/C13H15N3O3S/c1-2-20(18,19)16-11-7-5-10(6-8-11)15-13(17)12-4-3-9-14-12/h3-9,14,16H,2H2,1H3,(H,15,17). The molecule has 2 rings (SSSR count). The highest BCUT2D eigenvalue weighted by Crippen LogP contribution is 2.15. The molecule has 0 aliphatic rings. The number of rotatable bonds is 5. The third-order valence-electron chi connectivity index (χ3n) is 2.64. The highest BCUT2D eigenvalue weighted by molar-refractivity contribution is 7.92. The summed E-state index contributed by atoms with van der Waals surface area (Å²) in [5, 5.41) is 2.70. The van der Waals surface area contributed by atoms with Crippen molar-refractivity contribution in [3.05, 3.63) is 48.3 Å². The second-order valence-electron chi connectivity index (χ2n) is 4.12. The summed E-state index contributed by atoms with van der Waals surface area (Å²) < 4.78 is 25.2. The zero-order chi connectivity index (χ0) is 14.6. The molecule has 2 aromatic rings. The molecule has 1 heterocycles. The lowest BCUT2D eigenvalue weighted by Crippen LogP contribution is -2.15. The molecule has 0 atom stereocenters. The largest absolute Gasteiger partial charge is 0.357 e. The Morgan fingerprint density at radius 2 is 1.80 bits per heavy atom. The number of carbonyl (C=O) groups excluding carboxylic acids is 1. The summed E-state index contributed by atoms with van der Waals surface area (Å²) in [5.41, 5.74) is 1.51. The van der Waals surface area contributed by atoms with Crippen LogP contribution in [0.4, 0.5) is 11.4 Å². The second-order valence-corrected chi connectivity index (χ2v) is 6.13. The van der Waals surface area contributed by atoms with Gasteiger partial charge in [0.1, 0.15) is 5.69 Å². The number of anilines is 2. The molecule has 0 radical (unpaired) electrons. The van der Waals surface area contributed by atoms with Gasteiger partial charge in [-0.15, -0.1) is 0 Å². The number of hydrogen-bond acceptors (Lipinski definition) is 3. The van der Waals surface area contributed by atoms with Crippen molar-refractivity contribution in [1.29, 1.82) is 0 Å². The molecule has 1 aromatic carbocycles. The Morgan fingerprint density at radius 3 is 2.35 bits per heavy atom. The average molecular weight is 293 g/mol. The number of amides is 1. The Kier molecular flexibility index (Phi) is 4.09. The van der Waals surface area contributed by atoms with Crippen LogP contribution in [0.5, 0.6) is 0 Å². The molecule has 0 fully saturated rings. The Bertz CT molecular complexity index is 676. The van der Waals surface area contributed by atoms with Crippen molar-refractivity contribution in [2.45, 2.75) is 6.92 Å². The SMILES string of the molecule is CCS(=O)(=O)Nc1ccc(NC(=O)c2ccc[nH]2)cc1.